The molecule has 0 spiro atoms. The molecular formula is C14H12O2S. The molecule has 0 aliphatic carbocycles. The topological polar surface area (TPSA) is 26.3 Å². The quantitative estimate of drug-likeness (QED) is 0.600. The van der Waals surface area contributed by atoms with Crippen LogP contribution in [-0.4, -0.2) is 12.5 Å². The Morgan fingerprint density at radius 2 is 1.65 bits per heavy atom. The molecule has 2 aromatic carbocycles. The molecule has 3 heteroatoms. The van der Waals surface area contributed by atoms with E-state index in [1.807, 2.05) is 42.7 Å². The van der Waals surface area contributed by atoms with Crippen molar-refractivity contribution in [1.82, 2.24) is 0 Å². The molecule has 0 aliphatic rings. The number of carbonyl (C=O) groups excluding carboxylic acids is 1. The first-order valence-electron chi connectivity index (χ1n) is 5.20. The zero-order valence-electron chi connectivity index (χ0n) is 9.42. The summed E-state index contributed by atoms with van der Waals surface area (Å²) in [5.41, 5.74) is 0.559. The number of hydrogen-bond donors (Lipinski definition) is 0. The number of para-hydroxylation sites is 2. The van der Waals surface area contributed by atoms with E-state index < -0.39 is 0 Å². The zero-order valence-corrected chi connectivity index (χ0v) is 10.2. The summed E-state index contributed by atoms with van der Waals surface area (Å²) in [6, 6.07) is 15.0. The van der Waals surface area contributed by atoms with Crippen molar-refractivity contribution in [3.8, 4) is 11.5 Å². The maximum absolute atomic E-state index is 10.9. The number of carbonyl (C=O) groups is 1. The lowest BCUT2D eigenvalue weighted by Crippen LogP contribution is -1.91. The molecule has 0 amide bonds. The van der Waals surface area contributed by atoms with Gasteiger partial charge in [0.25, 0.3) is 0 Å². The maximum atomic E-state index is 10.9. The lowest BCUT2D eigenvalue weighted by atomic mass is 10.2. The average Bonchev–Trinajstić information content (AvgIpc) is 2.40. The SMILES string of the molecule is CSc1ccccc1Oc1ccccc1C=O. The minimum Gasteiger partial charge on any atom is -0.455 e. The average molecular weight is 244 g/mol. The standard InChI is InChI=1S/C14H12O2S/c1-17-14-9-5-4-8-13(14)16-12-7-3-2-6-11(12)10-15/h2-10H,1H3. The van der Waals surface area contributed by atoms with Crippen LogP contribution in [-0.2, 0) is 0 Å². The molecule has 0 N–H and O–H groups in total. The van der Waals surface area contributed by atoms with Gasteiger partial charge in [0, 0.05) is 4.90 Å². The number of aldehydes is 1. The molecule has 0 aliphatic heterocycles. The fraction of sp³-hybridized carbons (Fsp3) is 0.0714. The molecule has 0 saturated heterocycles. The van der Waals surface area contributed by atoms with Crippen molar-refractivity contribution in [1.29, 1.82) is 0 Å². The Labute approximate surface area is 105 Å². The van der Waals surface area contributed by atoms with Crippen LogP contribution in [0.15, 0.2) is 53.4 Å². The lowest BCUT2D eigenvalue weighted by Gasteiger charge is -2.10. The highest BCUT2D eigenvalue weighted by Crippen LogP contribution is 2.32. The molecule has 0 atom stereocenters. The summed E-state index contributed by atoms with van der Waals surface area (Å²) in [6.07, 6.45) is 2.80. The highest BCUT2D eigenvalue weighted by atomic mass is 32.2. The van der Waals surface area contributed by atoms with Crippen LogP contribution in [0.25, 0.3) is 0 Å². The van der Waals surface area contributed by atoms with Crippen LogP contribution in [0.1, 0.15) is 10.4 Å². The number of ether oxygens (including phenoxy) is 1. The van der Waals surface area contributed by atoms with Gasteiger partial charge in [-0.1, -0.05) is 24.3 Å². The molecule has 0 unspecified atom stereocenters. The summed E-state index contributed by atoms with van der Waals surface area (Å²) in [6.45, 7) is 0. The normalized spacial score (nSPS) is 9.94. The summed E-state index contributed by atoms with van der Waals surface area (Å²) < 4.78 is 5.77. The van der Waals surface area contributed by atoms with Crippen LogP contribution >= 0.6 is 11.8 Å². The van der Waals surface area contributed by atoms with Crippen molar-refractivity contribution in [2.45, 2.75) is 4.90 Å². The third kappa shape index (κ3) is 2.68. The smallest absolute Gasteiger partial charge is 0.153 e. The Balaban J connectivity index is 2.34. The van der Waals surface area contributed by atoms with Crippen LogP contribution in [0.3, 0.4) is 0 Å². The second-order valence-corrected chi connectivity index (χ2v) is 4.26. The van der Waals surface area contributed by atoms with Crippen LogP contribution in [0, 0.1) is 0 Å². The number of thioether (sulfide) groups is 1. The van der Waals surface area contributed by atoms with Crippen molar-refractivity contribution >= 4 is 18.0 Å². The first kappa shape index (κ1) is 11.7. The molecule has 2 nitrogen and oxygen atoms in total. The van der Waals surface area contributed by atoms with E-state index >= 15 is 0 Å². The summed E-state index contributed by atoms with van der Waals surface area (Å²) >= 11 is 1.61. The van der Waals surface area contributed by atoms with Crippen LogP contribution < -0.4 is 4.74 Å². The monoisotopic (exact) mass is 244 g/mol. The van der Waals surface area contributed by atoms with Gasteiger partial charge in [-0.15, -0.1) is 11.8 Å². The predicted molar refractivity (Wildman–Crippen MR) is 70.1 cm³/mol. The van der Waals surface area contributed by atoms with Gasteiger partial charge in [-0.25, -0.2) is 0 Å². The van der Waals surface area contributed by atoms with Gasteiger partial charge in [0.1, 0.15) is 11.5 Å². The van der Waals surface area contributed by atoms with Crippen molar-refractivity contribution in [2.75, 3.05) is 6.26 Å². The van der Waals surface area contributed by atoms with Gasteiger partial charge in [0.05, 0.1) is 5.56 Å². The van der Waals surface area contributed by atoms with E-state index in [0.29, 0.717) is 11.3 Å². The molecule has 0 heterocycles. The molecular weight excluding hydrogens is 232 g/mol. The van der Waals surface area contributed by atoms with E-state index in [4.69, 9.17) is 4.74 Å². The van der Waals surface area contributed by atoms with Crippen LogP contribution in [0.4, 0.5) is 0 Å². The lowest BCUT2D eigenvalue weighted by molar-refractivity contribution is 0.112. The first-order valence-corrected chi connectivity index (χ1v) is 6.42. The molecule has 0 saturated carbocycles. The van der Waals surface area contributed by atoms with E-state index in [1.54, 1.807) is 23.9 Å². The molecule has 17 heavy (non-hydrogen) atoms. The summed E-state index contributed by atoms with van der Waals surface area (Å²) in [4.78, 5) is 11.9. The Morgan fingerprint density at radius 1 is 1.00 bits per heavy atom. The molecule has 0 aromatic heterocycles. The van der Waals surface area contributed by atoms with Gasteiger partial charge in [-0.2, -0.15) is 0 Å². The van der Waals surface area contributed by atoms with Crippen molar-refractivity contribution < 1.29 is 9.53 Å². The molecule has 0 bridgehead atoms. The van der Waals surface area contributed by atoms with Gasteiger partial charge in [0.2, 0.25) is 0 Å². The summed E-state index contributed by atoms with van der Waals surface area (Å²) in [7, 11) is 0. The van der Waals surface area contributed by atoms with Gasteiger partial charge in [-0.3, -0.25) is 4.79 Å². The molecule has 0 radical (unpaired) electrons. The second-order valence-electron chi connectivity index (χ2n) is 3.41. The molecule has 86 valence electrons. The Bertz CT molecular complexity index is 523. The number of rotatable bonds is 4. The zero-order chi connectivity index (χ0) is 12.1. The van der Waals surface area contributed by atoms with E-state index in [0.717, 1.165) is 16.9 Å². The summed E-state index contributed by atoms with van der Waals surface area (Å²) in [5.74, 6) is 1.36. The van der Waals surface area contributed by atoms with Crippen molar-refractivity contribution in [3.63, 3.8) is 0 Å². The third-order valence-corrected chi connectivity index (χ3v) is 3.11. The maximum Gasteiger partial charge on any atom is 0.153 e. The highest BCUT2D eigenvalue weighted by Gasteiger charge is 2.06. The van der Waals surface area contributed by atoms with Crippen LogP contribution in [0.5, 0.6) is 11.5 Å². The van der Waals surface area contributed by atoms with Gasteiger partial charge in [-0.05, 0) is 30.5 Å². The fourth-order valence-corrected chi connectivity index (χ4v) is 2.02. The molecule has 2 aromatic rings. The third-order valence-electron chi connectivity index (χ3n) is 2.33. The number of hydrogen-bond acceptors (Lipinski definition) is 3. The predicted octanol–water partition coefficient (Wildman–Crippen LogP) is 4.01. The molecule has 0 fully saturated rings. The Morgan fingerprint density at radius 3 is 2.35 bits per heavy atom. The minimum absolute atomic E-state index is 0.559. The molecule has 2 rings (SSSR count). The second kappa shape index (κ2) is 5.55. The Hall–Kier alpha value is -1.74. The summed E-state index contributed by atoms with van der Waals surface area (Å²) in [5, 5.41) is 0. The van der Waals surface area contributed by atoms with Gasteiger partial charge < -0.3 is 4.74 Å². The Kier molecular flexibility index (Phi) is 3.83. The number of benzene rings is 2. The highest BCUT2D eigenvalue weighted by molar-refractivity contribution is 7.98. The largest absolute Gasteiger partial charge is 0.455 e. The first-order chi connectivity index (χ1) is 8.35. The van der Waals surface area contributed by atoms with Crippen molar-refractivity contribution in [3.05, 3.63) is 54.1 Å². The van der Waals surface area contributed by atoms with E-state index in [-0.39, 0.29) is 0 Å². The van der Waals surface area contributed by atoms with E-state index in [1.165, 1.54) is 0 Å². The van der Waals surface area contributed by atoms with Gasteiger partial charge >= 0.3 is 0 Å². The van der Waals surface area contributed by atoms with E-state index in [2.05, 4.69) is 0 Å². The van der Waals surface area contributed by atoms with Crippen LogP contribution in [0.2, 0.25) is 0 Å². The van der Waals surface area contributed by atoms with E-state index in [9.17, 15) is 4.79 Å². The van der Waals surface area contributed by atoms with Gasteiger partial charge in [0.15, 0.2) is 6.29 Å². The minimum atomic E-state index is 0.559. The van der Waals surface area contributed by atoms with Crippen molar-refractivity contribution in [2.24, 2.45) is 0 Å². The fourth-order valence-electron chi connectivity index (χ4n) is 1.49.